The van der Waals surface area contributed by atoms with Crippen LogP contribution in [0.2, 0.25) is 0 Å². The minimum absolute atomic E-state index is 0.0744. The standard InChI is InChI=1S/C26H43N3O4/c1-5-32-24(30)10-6-8-16-28-18-20-29(21-19-28)17-9-7-15-27-23-13-11-22(12-14-23)25(31)33-26(2,3)4/h11-14,27H,5-10,15-21H2,1-4H3. The zero-order valence-electron chi connectivity index (χ0n) is 21.0. The average molecular weight is 462 g/mol. The Kier molecular flexibility index (Phi) is 11.7. The molecule has 0 spiro atoms. The van der Waals surface area contributed by atoms with E-state index in [1.165, 1.54) is 6.42 Å². The van der Waals surface area contributed by atoms with Gasteiger partial charge in [0.05, 0.1) is 12.2 Å². The van der Waals surface area contributed by atoms with Crippen molar-refractivity contribution in [3.05, 3.63) is 29.8 Å². The minimum Gasteiger partial charge on any atom is -0.466 e. The number of benzene rings is 1. The molecule has 1 heterocycles. The number of carbonyl (C=O) groups excluding carboxylic acids is 2. The van der Waals surface area contributed by atoms with Gasteiger partial charge in [-0.3, -0.25) is 4.79 Å². The van der Waals surface area contributed by atoms with Gasteiger partial charge >= 0.3 is 11.9 Å². The summed E-state index contributed by atoms with van der Waals surface area (Å²) in [6.45, 7) is 15.5. The van der Waals surface area contributed by atoms with Crippen molar-refractivity contribution in [2.45, 2.75) is 65.4 Å². The molecule has 0 saturated carbocycles. The molecule has 7 nitrogen and oxygen atoms in total. The van der Waals surface area contributed by atoms with Crippen molar-refractivity contribution in [3.63, 3.8) is 0 Å². The van der Waals surface area contributed by atoms with Gasteiger partial charge in [-0.25, -0.2) is 4.79 Å². The molecule has 1 aliphatic heterocycles. The van der Waals surface area contributed by atoms with Crippen LogP contribution < -0.4 is 5.32 Å². The quantitative estimate of drug-likeness (QED) is 0.349. The van der Waals surface area contributed by atoms with Crippen LogP contribution in [0, 0.1) is 0 Å². The number of rotatable bonds is 13. The molecule has 1 N–H and O–H groups in total. The molecule has 0 amide bonds. The molecule has 2 rings (SSSR count). The number of anilines is 1. The minimum atomic E-state index is -0.480. The highest BCUT2D eigenvalue weighted by Gasteiger charge is 2.18. The molecule has 1 aromatic carbocycles. The molecular weight excluding hydrogens is 418 g/mol. The molecular formula is C26H43N3O4. The molecule has 0 aliphatic carbocycles. The Labute approximate surface area is 199 Å². The number of hydrogen-bond acceptors (Lipinski definition) is 7. The second kappa shape index (κ2) is 14.2. The number of piperazine rings is 1. The van der Waals surface area contributed by atoms with Crippen LogP contribution in [0.1, 0.15) is 70.2 Å². The fraction of sp³-hybridized carbons (Fsp3) is 0.692. The first-order valence-electron chi connectivity index (χ1n) is 12.4. The number of nitrogens with one attached hydrogen (secondary N) is 1. The number of hydrogen-bond donors (Lipinski definition) is 1. The summed E-state index contributed by atoms with van der Waals surface area (Å²) in [5.41, 5.74) is 1.12. The van der Waals surface area contributed by atoms with E-state index in [1.807, 2.05) is 52.0 Å². The first-order chi connectivity index (χ1) is 15.8. The van der Waals surface area contributed by atoms with Crippen molar-refractivity contribution >= 4 is 17.6 Å². The van der Waals surface area contributed by atoms with E-state index >= 15 is 0 Å². The van der Waals surface area contributed by atoms with E-state index < -0.39 is 5.60 Å². The van der Waals surface area contributed by atoms with Crippen molar-refractivity contribution in [3.8, 4) is 0 Å². The zero-order chi connectivity index (χ0) is 24.1. The van der Waals surface area contributed by atoms with Crippen molar-refractivity contribution in [1.29, 1.82) is 0 Å². The summed E-state index contributed by atoms with van der Waals surface area (Å²) >= 11 is 0. The third-order valence-corrected chi connectivity index (χ3v) is 5.63. The zero-order valence-corrected chi connectivity index (χ0v) is 21.0. The molecule has 1 aliphatic rings. The molecule has 0 radical (unpaired) electrons. The molecule has 0 aromatic heterocycles. The summed E-state index contributed by atoms with van der Waals surface area (Å²) in [5, 5.41) is 3.44. The van der Waals surface area contributed by atoms with Gasteiger partial charge < -0.3 is 24.6 Å². The van der Waals surface area contributed by atoms with Crippen molar-refractivity contribution in [2.24, 2.45) is 0 Å². The van der Waals surface area contributed by atoms with Gasteiger partial charge in [0.2, 0.25) is 0 Å². The van der Waals surface area contributed by atoms with E-state index in [2.05, 4.69) is 15.1 Å². The number of unbranched alkanes of at least 4 members (excludes halogenated alkanes) is 2. The summed E-state index contributed by atoms with van der Waals surface area (Å²) in [6.07, 6.45) is 4.79. The van der Waals surface area contributed by atoms with Gasteiger partial charge in [0.1, 0.15) is 5.60 Å². The lowest BCUT2D eigenvalue weighted by Gasteiger charge is -2.34. The van der Waals surface area contributed by atoms with E-state index in [4.69, 9.17) is 9.47 Å². The Hall–Kier alpha value is -2.12. The van der Waals surface area contributed by atoms with Crippen LogP contribution in [0.3, 0.4) is 0 Å². The molecule has 186 valence electrons. The third kappa shape index (κ3) is 11.5. The molecule has 0 unspecified atom stereocenters. The summed E-state index contributed by atoms with van der Waals surface area (Å²) < 4.78 is 10.4. The number of ether oxygens (including phenoxy) is 2. The van der Waals surface area contributed by atoms with Crippen LogP contribution >= 0.6 is 0 Å². The lowest BCUT2D eigenvalue weighted by atomic mass is 10.1. The molecule has 1 aromatic rings. The fourth-order valence-corrected chi connectivity index (χ4v) is 3.83. The number of nitrogens with zero attached hydrogens (tertiary/aromatic N) is 2. The van der Waals surface area contributed by atoms with Gasteiger partial charge in [-0.05, 0) is 90.7 Å². The Balaban J connectivity index is 1.51. The van der Waals surface area contributed by atoms with Gasteiger partial charge in [-0.15, -0.1) is 0 Å². The topological polar surface area (TPSA) is 71.1 Å². The highest BCUT2D eigenvalue weighted by molar-refractivity contribution is 5.90. The van der Waals surface area contributed by atoms with E-state index in [-0.39, 0.29) is 11.9 Å². The van der Waals surface area contributed by atoms with E-state index in [0.717, 1.165) is 70.8 Å². The van der Waals surface area contributed by atoms with Crippen LogP contribution in [0.5, 0.6) is 0 Å². The van der Waals surface area contributed by atoms with Gasteiger partial charge in [0, 0.05) is 44.8 Å². The van der Waals surface area contributed by atoms with E-state index in [1.54, 1.807) is 0 Å². The fourth-order valence-electron chi connectivity index (χ4n) is 3.83. The summed E-state index contributed by atoms with van der Waals surface area (Å²) in [6, 6.07) is 7.50. The van der Waals surface area contributed by atoms with Crippen molar-refractivity contribution < 1.29 is 19.1 Å². The lowest BCUT2D eigenvalue weighted by molar-refractivity contribution is -0.143. The average Bonchev–Trinajstić information content (AvgIpc) is 2.77. The molecule has 1 saturated heterocycles. The van der Waals surface area contributed by atoms with Crippen LogP contribution in [0.4, 0.5) is 5.69 Å². The summed E-state index contributed by atoms with van der Waals surface area (Å²) in [5.74, 6) is -0.361. The first-order valence-corrected chi connectivity index (χ1v) is 12.4. The van der Waals surface area contributed by atoms with E-state index in [0.29, 0.717) is 18.6 Å². The van der Waals surface area contributed by atoms with Gasteiger partial charge in [0.25, 0.3) is 0 Å². The maximum Gasteiger partial charge on any atom is 0.338 e. The maximum absolute atomic E-state index is 12.1. The molecule has 33 heavy (non-hydrogen) atoms. The number of carbonyl (C=O) groups is 2. The smallest absolute Gasteiger partial charge is 0.338 e. The normalized spacial score (nSPS) is 15.3. The molecule has 1 fully saturated rings. The number of esters is 2. The SMILES string of the molecule is CCOC(=O)CCCCN1CCN(CCCCNc2ccc(C(=O)OC(C)(C)C)cc2)CC1. The second-order valence-electron chi connectivity index (χ2n) is 9.66. The third-order valence-electron chi connectivity index (χ3n) is 5.63. The van der Waals surface area contributed by atoms with Crippen LogP contribution in [0.25, 0.3) is 0 Å². The Morgan fingerprint density at radius 2 is 1.48 bits per heavy atom. The first kappa shape index (κ1) is 27.1. The molecule has 0 bridgehead atoms. The van der Waals surface area contributed by atoms with E-state index in [9.17, 15) is 9.59 Å². The van der Waals surface area contributed by atoms with Crippen molar-refractivity contribution in [2.75, 3.05) is 57.7 Å². The largest absolute Gasteiger partial charge is 0.466 e. The summed E-state index contributed by atoms with van der Waals surface area (Å²) in [7, 11) is 0. The predicted molar refractivity (Wildman–Crippen MR) is 133 cm³/mol. The highest BCUT2D eigenvalue weighted by atomic mass is 16.6. The van der Waals surface area contributed by atoms with Crippen molar-refractivity contribution in [1.82, 2.24) is 9.80 Å². The Morgan fingerprint density at radius 1 is 0.909 bits per heavy atom. The van der Waals surface area contributed by atoms with Crippen LogP contribution in [-0.4, -0.2) is 79.8 Å². The predicted octanol–water partition coefficient (Wildman–Crippen LogP) is 4.19. The molecule has 0 atom stereocenters. The highest BCUT2D eigenvalue weighted by Crippen LogP contribution is 2.15. The van der Waals surface area contributed by atoms with Crippen LogP contribution in [0.15, 0.2) is 24.3 Å². The van der Waals surface area contributed by atoms with Gasteiger partial charge in [-0.2, -0.15) is 0 Å². The van der Waals surface area contributed by atoms with Gasteiger partial charge in [-0.1, -0.05) is 0 Å². The van der Waals surface area contributed by atoms with Crippen LogP contribution in [-0.2, 0) is 14.3 Å². The lowest BCUT2D eigenvalue weighted by Crippen LogP contribution is -2.46. The monoisotopic (exact) mass is 461 g/mol. The van der Waals surface area contributed by atoms with Gasteiger partial charge in [0.15, 0.2) is 0 Å². The maximum atomic E-state index is 12.1. The Morgan fingerprint density at radius 3 is 2.03 bits per heavy atom. The second-order valence-corrected chi connectivity index (χ2v) is 9.66. The molecule has 7 heteroatoms. The summed E-state index contributed by atoms with van der Waals surface area (Å²) in [4.78, 5) is 28.5. The Bertz CT molecular complexity index is 707.